The standard InChI is InChI=1S/C28H40N6O6S/c1-5-18(2)28(26(37)40-4,21-11-8-14-34(17-21)27(30)31)33(3)25(36)23(16-24(29)35)32-41(38,39)22-13-12-19-9-6-7-10-20(19)15-22/h6-7,9-10,12-13,15,18,21,23,32H,5,8,11,14,16-17H2,1-4H3,(H2,29,35)(H3,30,31)/t18-,21-,23-,28-/m0/s1. The van der Waals surface area contributed by atoms with Crippen LogP contribution in [0.15, 0.2) is 47.4 Å². The Morgan fingerprint density at radius 2 is 1.85 bits per heavy atom. The number of ether oxygens (including phenoxy) is 1. The number of rotatable bonds is 11. The number of likely N-dealkylation sites (N-methyl/N-ethyl adjacent to an activating group) is 1. The monoisotopic (exact) mass is 588 g/mol. The highest BCUT2D eigenvalue weighted by molar-refractivity contribution is 7.89. The van der Waals surface area contributed by atoms with E-state index in [4.69, 9.17) is 21.6 Å². The molecule has 1 aliphatic heterocycles. The second kappa shape index (κ2) is 12.9. The van der Waals surface area contributed by atoms with Crippen LogP contribution >= 0.6 is 0 Å². The molecule has 13 heteroatoms. The summed E-state index contributed by atoms with van der Waals surface area (Å²) in [6.07, 6.45) is 0.996. The number of carbonyl (C=O) groups excluding carboxylic acids is 3. The SMILES string of the molecule is CC[C@H](C)[C@@](C(=O)OC)([C@H]1CCCN(C(=N)N)C1)N(C)C(=O)[C@H](CC(N)=O)NS(=O)(=O)c1ccc2ccccc2c1. The predicted octanol–water partition coefficient (Wildman–Crippen LogP) is 1.38. The predicted molar refractivity (Wildman–Crippen MR) is 155 cm³/mol. The van der Waals surface area contributed by atoms with E-state index < -0.39 is 57.6 Å². The van der Waals surface area contributed by atoms with Crippen molar-refractivity contribution in [2.75, 3.05) is 27.2 Å². The molecule has 2 aromatic rings. The minimum absolute atomic E-state index is 0.0911. The third-order valence-corrected chi connectivity index (χ3v) is 9.65. The Bertz CT molecular complexity index is 1420. The molecule has 0 spiro atoms. The molecule has 0 bridgehead atoms. The summed E-state index contributed by atoms with van der Waals surface area (Å²) in [6, 6.07) is 10.2. The average Bonchev–Trinajstić information content (AvgIpc) is 2.95. The summed E-state index contributed by atoms with van der Waals surface area (Å²) in [7, 11) is -1.65. The van der Waals surface area contributed by atoms with Gasteiger partial charge in [-0.25, -0.2) is 13.2 Å². The van der Waals surface area contributed by atoms with Crippen LogP contribution in [0, 0.1) is 17.2 Å². The molecular weight excluding hydrogens is 548 g/mol. The number of hydrogen-bond acceptors (Lipinski definition) is 7. The van der Waals surface area contributed by atoms with Crippen LogP contribution in [-0.4, -0.2) is 80.8 Å². The first kappa shape index (κ1) is 31.8. The first-order valence-corrected chi connectivity index (χ1v) is 15.0. The molecule has 1 aliphatic rings. The van der Waals surface area contributed by atoms with Gasteiger partial charge in [0.15, 0.2) is 5.96 Å². The number of esters is 1. The van der Waals surface area contributed by atoms with Crippen molar-refractivity contribution >= 4 is 44.5 Å². The summed E-state index contributed by atoms with van der Waals surface area (Å²) in [4.78, 5) is 42.6. The normalized spacial score (nSPS) is 18.6. The number of nitrogens with zero attached hydrogens (tertiary/aromatic N) is 2. The van der Waals surface area contributed by atoms with E-state index in [1.165, 1.54) is 31.2 Å². The Morgan fingerprint density at radius 1 is 1.20 bits per heavy atom. The van der Waals surface area contributed by atoms with Crippen LogP contribution in [0.4, 0.5) is 0 Å². The van der Waals surface area contributed by atoms with Crippen molar-refractivity contribution in [1.82, 2.24) is 14.5 Å². The first-order chi connectivity index (χ1) is 19.3. The highest BCUT2D eigenvalue weighted by Crippen LogP contribution is 2.40. The van der Waals surface area contributed by atoms with Gasteiger partial charge in [-0.1, -0.05) is 50.6 Å². The number of hydrogen-bond donors (Lipinski definition) is 4. The van der Waals surface area contributed by atoms with Crippen molar-refractivity contribution < 1.29 is 27.5 Å². The Hall–Kier alpha value is -3.71. The van der Waals surface area contributed by atoms with Crippen LogP contribution in [0.25, 0.3) is 10.8 Å². The largest absolute Gasteiger partial charge is 0.467 e. The Morgan fingerprint density at radius 3 is 2.44 bits per heavy atom. The lowest BCUT2D eigenvalue weighted by molar-refractivity contribution is -0.172. The van der Waals surface area contributed by atoms with Gasteiger partial charge in [0.25, 0.3) is 0 Å². The molecule has 0 unspecified atom stereocenters. The molecule has 224 valence electrons. The van der Waals surface area contributed by atoms with Crippen molar-refractivity contribution in [2.45, 2.75) is 56.0 Å². The summed E-state index contributed by atoms with van der Waals surface area (Å²) in [5.41, 5.74) is 9.69. The number of nitrogens with one attached hydrogen (secondary N) is 2. The van der Waals surface area contributed by atoms with E-state index in [-0.39, 0.29) is 17.4 Å². The quantitative estimate of drug-likeness (QED) is 0.172. The zero-order chi connectivity index (χ0) is 30.5. The number of nitrogens with two attached hydrogens (primary N) is 2. The molecule has 1 saturated heterocycles. The lowest BCUT2D eigenvalue weighted by Crippen LogP contribution is -2.69. The Balaban J connectivity index is 2.06. The number of amides is 2. The number of methoxy groups -OCH3 is 1. The lowest BCUT2D eigenvalue weighted by atomic mass is 9.69. The van der Waals surface area contributed by atoms with Gasteiger partial charge in [0.2, 0.25) is 21.8 Å². The van der Waals surface area contributed by atoms with Crippen LogP contribution in [0.2, 0.25) is 0 Å². The zero-order valence-electron chi connectivity index (χ0n) is 23.9. The number of sulfonamides is 1. The van der Waals surface area contributed by atoms with Gasteiger partial charge in [0.05, 0.1) is 18.4 Å². The Labute approximate surface area is 240 Å². The van der Waals surface area contributed by atoms with E-state index in [1.54, 1.807) is 23.1 Å². The molecule has 3 rings (SSSR count). The van der Waals surface area contributed by atoms with Gasteiger partial charge in [-0.15, -0.1) is 0 Å². The number of carbonyl (C=O) groups is 3. The van der Waals surface area contributed by atoms with E-state index in [0.717, 1.165) is 5.39 Å². The summed E-state index contributed by atoms with van der Waals surface area (Å²) in [6.45, 7) is 4.43. The molecule has 0 aliphatic carbocycles. The molecule has 0 radical (unpaired) electrons. The molecule has 6 N–H and O–H groups in total. The van der Waals surface area contributed by atoms with Crippen LogP contribution < -0.4 is 16.2 Å². The second-order valence-electron chi connectivity index (χ2n) is 10.5. The smallest absolute Gasteiger partial charge is 0.332 e. The molecule has 2 aromatic carbocycles. The van der Waals surface area contributed by atoms with E-state index in [9.17, 15) is 22.8 Å². The van der Waals surface area contributed by atoms with Crippen molar-refractivity contribution in [2.24, 2.45) is 23.3 Å². The van der Waals surface area contributed by atoms with Crippen molar-refractivity contribution in [3.05, 3.63) is 42.5 Å². The average molecular weight is 589 g/mol. The molecular formula is C28H40N6O6S. The maximum absolute atomic E-state index is 14.1. The fourth-order valence-corrected chi connectivity index (χ4v) is 7.15. The fraction of sp³-hybridized carbons (Fsp3) is 0.500. The highest BCUT2D eigenvalue weighted by atomic mass is 32.2. The van der Waals surface area contributed by atoms with Gasteiger partial charge in [0.1, 0.15) is 11.6 Å². The number of fused-ring (bicyclic) bond motifs is 1. The Kier molecular flexibility index (Phi) is 9.98. The van der Waals surface area contributed by atoms with E-state index in [1.807, 2.05) is 26.0 Å². The van der Waals surface area contributed by atoms with Gasteiger partial charge in [-0.05, 0) is 41.7 Å². The van der Waals surface area contributed by atoms with Crippen LogP contribution in [0.1, 0.15) is 39.5 Å². The van der Waals surface area contributed by atoms with Crippen LogP contribution in [0.3, 0.4) is 0 Å². The summed E-state index contributed by atoms with van der Waals surface area (Å²) in [5.74, 6) is -3.46. The van der Waals surface area contributed by atoms with Crippen molar-refractivity contribution in [1.29, 1.82) is 5.41 Å². The summed E-state index contributed by atoms with van der Waals surface area (Å²) < 4.78 is 34.6. The zero-order valence-corrected chi connectivity index (χ0v) is 24.7. The number of benzene rings is 2. The number of piperidine rings is 1. The molecule has 41 heavy (non-hydrogen) atoms. The molecule has 1 fully saturated rings. The number of likely N-dealkylation sites (tertiary alicyclic amines) is 1. The van der Waals surface area contributed by atoms with Gasteiger partial charge in [-0.3, -0.25) is 15.0 Å². The fourth-order valence-electron chi connectivity index (χ4n) is 5.93. The number of guanidine groups is 1. The molecule has 0 saturated carbocycles. The van der Waals surface area contributed by atoms with Gasteiger partial charge in [0, 0.05) is 26.1 Å². The van der Waals surface area contributed by atoms with Crippen molar-refractivity contribution in [3.63, 3.8) is 0 Å². The molecule has 2 amide bonds. The van der Waals surface area contributed by atoms with E-state index in [0.29, 0.717) is 31.2 Å². The topological polar surface area (TPSA) is 189 Å². The molecule has 4 atom stereocenters. The van der Waals surface area contributed by atoms with Crippen LogP contribution in [0.5, 0.6) is 0 Å². The van der Waals surface area contributed by atoms with Gasteiger partial charge >= 0.3 is 5.97 Å². The minimum atomic E-state index is -4.29. The third kappa shape index (κ3) is 6.46. The number of primary amides is 1. The second-order valence-corrected chi connectivity index (χ2v) is 12.3. The third-order valence-electron chi connectivity index (χ3n) is 8.18. The molecule has 1 heterocycles. The summed E-state index contributed by atoms with van der Waals surface area (Å²) in [5, 5.41) is 9.45. The maximum Gasteiger partial charge on any atom is 0.332 e. The maximum atomic E-state index is 14.1. The lowest BCUT2D eigenvalue weighted by Gasteiger charge is -2.51. The molecule has 0 aromatic heterocycles. The summed E-state index contributed by atoms with van der Waals surface area (Å²) >= 11 is 0. The molecule has 12 nitrogen and oxygen atoms in total. The van der Waals surface area contributed by atoms with Crippen molar-refractivity contribution in [3.8, 4) is 0 Å². The minimum Gasteiger partial charge on any atom is -0.467 e. The highest BCUT2D eigenvalue weighted by Gasteiger charge is 2.56. The first-order valence-electron chi connectivity index (χ1n) is 13.5. The van der Waals surface area contributed by atoms with E-state index in [2.05, 4.69) is 4.72 Å². The van der Waals surface area contributed by atoms with Crippen LogP contribution in [-0.2, 0) is 29.1 Å². The van der Waals surface area contributed by atoms with E-state index >= 15 is 0 Å². The van der Waals surface area contributed by atoms with Gasteiger partial charge in [-0.2, -0.15) is 4.72 Å². The van der Waals surface area contributed by atoms with Gasteiger partial charge < -0.3 is 26.0 Å².